The zero-order valence-corrected chi connectivity index (χ0v) is 12.4. The quantitative estimate of drug-likeness (QED) is 0.741. The van der Waals surface area contributed by atoms with E-state index in [9.17, 15) is 9.18 Å². The number of hydrogen-bond acceptors (Lipinski definition) is 4. The van der Waals surface area contributed by atoms with Gasteiger partial charge in [-0.2, -0.15) is 5.26 Å². The molecule has 114 valence electrons. The fourth-order valence-electron chi connectivity index (χ4n) is 1.86. The number of halogens is 1. The molecule has 0 aliphatic carbocycles. The Hall–Kier alpha value is -2.13. The normalized spacial score (nSPS) is 10.2. The van der Waals surface area contributed by atoms with Crippen molar-refractivity contribution in [3.8, 4) is 11.8 Å². The lowest BCUT2D eigenvalue weighted by Crippen LogP contribution is -2.37. The van der Waals surface area contributed by atoms with Gasteiger partial charge >= 0.3 is 0 Å². The number of hydrogen-bond donors (Lipinski definition) is 1. The van der Waals surface area contributed by atoms with Crippen molar-refractivity contribution in [2.24, 2.45) is 0 Å². The van der Waals surface area contributed by atoms with E-state index in [0.29, 0.717) is 26.1 Å². The highest BCUT2D eigenvalue weighted by molar-refractivity contribution is 5.78. The van der Waals surface area contributed by atoms with Crippen LogP contribution in [-0.2, 0) is 11.3 Å². The number of carbonyl (C=O) groups excluding carboxylic acids is 1. The smallest absolute Gasteiger partial charge is 0.234 e. The van der Waals surface area contributed by atoms with Crippen molar-refractivity contribution in [2.75, 3.05) is 26.7 Å². The first-order valence-corrected chi connectivity index (χ1v) is 6.79. The summed E-state index contributed by atoms with van der Waals surface area (Å²) in [5, 5.41) is 11.1. The summed E-state index contributed by atoms with van der Waals surface area (Å²) in [6.45, 7) is 3.64. The maximum atomic E-state index is 13.6. The molecule has 0 unspecified atom stereocenters. The van der Waals surface area contributed by atoms with Gasteiger partial charge in [-0.25, -0.2) is 4.39 Å². The van der Waals surface area contributed by atoms with Gasteiger partial charge in [-0.1, -0.05) is 13.0 Å². The Morgan fingerprint density at radius 3 is 2.86 bits per heavy atom. The fourth-order valence-corrected chi connectivity index (χ4v) is 1.86. The fraction of sp³-hybridized carbons (Fsp3) is 0.467. The molecule has 0 atom stereocenters. The first-order chi connectivity index (χ1) is 10.1. The van der Waals surface area contributed by atoms with Gasteiger partial charge in [0.15, 0.2) is 11.6 Å². The molecule has 1 rings (SSSR count). The van der Waals surface area contributed by atoms with E-state index in [-0.39, 0.29) is 18.2 Å². The first-order valence-electron chi connectivity index (χ1n) is 6.79. The minimum atomic E-state index is -0.412. The van der Waals surface area contributed by atoms with Crippen LogP contribution < -0.4 is 10.1 Å². The van der Waals surface area contributed by atoms with Crippen molar-refractivity contribution in [3.63, 3.8) is 0 Å². The van der Waals surface area contributed by atoms with Gasteiger partial charge in [-0.05, 0) is 24.2 Å². The number of likely N-dealkylation sites (N-methyl/N-ethyl adjacent to an activating group) is 1. The lowest BCUT2D eigenvalue weighted by molar-refractivity contribution is -0.122. The van der Waals surface area contributed by atoms with Gasteiger partial charge in [0, 0.05) is 13.1 Å². The van der Waals surface area contributed by atoms with E-state index in [1.54, 1.807) is 12.1 Å². The minimum Gasteiger partial charge on any atom is -0.494 e. The van der Waals surface area contributed by atoms with E-state index in [1.807, 2.05) is 17.9 Å². The molecular weight excluding hydrogens is 273 g/mol. The predicted molar refractivity (Wildman–Crippen MR) is 77.1 cm³/mol. The number of nitriles is 1. The highest BCUT2D eigenvalue weighted by Crippen LogP contribution is 2.18. The molecule has 0 saturated heterocycles. The van der Waals surface area contributed by atoms with E-state index < -0.39 is 5.82 Å². The van der Waals surface area contributed by atoms with Crippen molar-refractivity contribution in [1.82, 2.24) is 10.2 Å². The summed E-state index contributed by atoms with van der Waals surface area (Å²) in [7, 11) is 1.42. The molecule has 1 amide bonds. The van der Waals surface area contributed by atoms with Crippen LogP contribution in [-0.4, -0.2) is 37.6 Å². The molecule has 21 heavy (non-hydrogen) atoms. The van der Waals surface area contributed by atoms with Crippen LogP contribution in [0.2, 0.25) is 0 Å². The van der Waals surface area contributed by atoms with Crippen LogP contribution in [0.4, 0.5) is 4.39 Å². The van der Waals surface area contributed by atoms with E-state index in [4.69, 9.17) is 10.00 Å². The lowest BCUT2D eigenvalue weighted by Gasteiger charge is -2.20. The summed E-state index contributed by atoms with van der Waals surface area (Å²) in [4.78, 5) is 13.6. The minimum absolute atomic E-state index is 0.138. The molecule has 0 radical (unpaired) electrons. The summed E-state index contributed by atoms with van der Waals surface area (Å²) >= 11 is 0. The standard InChI is InChI=1S/C15H20FN3O2/c1-3-19(11-15(20)18-8-4-7-17)10-12-5-6-14(21-2)13(16)9-12/h5-6,9H,3-4,8,10-11H2,1-2H3,(H,18,20). The summed E-state index contributed by atoms with van der Waals surface area (Å²) in [5.41, 5.74) is 0.778. The van der Waals surface area contributed by atoms with Gasteiger partial charge < -0.3 is 10.1 Å². The van der Waals surface area contributed by atoms with Crippen LogP contribution in [0, 0.1) is 17.1 Å². The number of carbonyl (C=O) groups is 1. The molecule has 1 aromatic carbocycles. The van der Waals surface area contributed by atoms with Crippen molar-refractivity contribution in [2.45, 2.75) is 19.9 Å². The van der Waals surface area contributed by atoms with E-state index in [2.05, 4.69) is 5.32 Å². The van der Waals surface area contributed by atoms with E-state index in [0.717, 1.165) is 5.56 Å². The average molecular weight is 293 g/mol. The average Bonchev–Trinajstić information content (AvgIpc) is 2.47. The second-order valence-electron chi connectivity index (χ2n) is 4.53. The molecule has 0 heterocycles. The molecule has 0 spiro atoms. The van der Waals surface area contributed by atoms with Gasteiger partial charge in [-0.3, -0.25) is 9.69 Å². The SMILES string of the molecule is CCN(CC(=O)NCCC#N)Cc1ccc(OC)c(F)c1. The summed E-state index contributed by atoms with van der Waals surface area (Å²) in [6, 6.07) is 6.73. The van der Waals surface area contributed by atoms with Crippen LogP contribution in [0.3, 0.4) is 0 Å². The molecule has 6 heteroatoms. The Morgan fingerprint density at radius 1 is 1.52 bits per heavy atom. The third-order valence-corrected chi connectivity index (χ3v) is 3.00. The van der Waals surface area contributed by atoms with Crippen LogP contribution in [0.5, 0.6) is 5.75 Å². The number of benzene rings is 1. The number of nitrogens with one attached hydrogen (secondary N) is 1. The Bertz CT molecular complexity index is 514. The Balaban J connectivity index is 2.55. The maximum Gasteiger partial charge on any atom is 0.234 e. The summed E-state index contributed by atoms with van der Waals surface area (Å²) in [6.07, 6.45) is 0.293. The number of nitrogens with zero attached hydrogens (tertiary/aromatic N) is 2. The second-order valence-corrected chi connectivity index (χ2v) is 4.53. The van der Waals surface area contributed by atoms with Crippen molar-refractivity contribution >= 4 is 5.91 Å². The number of ether oxygens (including phenoxy) is 1. The van der Waals surface area contributed by atoms with Crippen molar-refractivity contribution < 1.29 is 13.9 Å². The molecule has 0 saturated carbocycles. The van der Waals surface area contributed by atoms with Crippen LogP contribution in [0.25, 0.3) is 0 Å². The third-order valence-electron chi connectivity index (χ3n) is 3.00. The van der Waals surface area contributed by atoms with Crippen molar-refractivity contribution in [1.29, 1.82) is 5.26 Å². The lowest BCUT2D eigenvalue weighted by atomic mass is 10.2. The van der Waals surface area contributed by atoms with Gasteiger partial charge in [0.25, 0.3) is 0 Å². The largest absolute Gasteiger partial charge is 0.494 e. The Kier molecular flexibility index (Phi) is 7.19. The maximum absolute atomic E-state index is 13.6. The molecule has 0 aliphatic heterocycles. The monoisotopic (exact) mass is 293 g/mol. The molecule has 0 fully saturated rings. The van der Waals surface area contributed by atoms with E-state index in [1.165, 1.54) is 13.2 Å². The van der Waals surface area contributed by atoms with Gasteiger partial charge in [-0.15, -0.1) is 0 Å². The Labute approximate surface area is 124 Å². The molecule has 1 N–H and O–H groups in total. The van der Waals surface area contributed by atoms with Gasteiger partial charge in [0.2, 0.25) is 5.91 Å². The van der Waals surface area contributed by atoms with Crippen LogP contribution in [0.15, 0.2) is 18.2 Å². The summed E-state index contributed by atoms with van der Waals surface area (Å²) < 4.78 is 18.5. The number of rotatable bonds is 8. The van der Waals surface area contributed by atoms with Crippen LogP contribution in [0.1, 0.15) is 18.9 Å². The second kappa shape index (κ2) is 8.93. The number of amides is 1. The van der Waals surface area contributed by atoms with Crippen molar-refractivity contribution in [3.05, 3.63) is 29.6 Å². The zero-order chi connectivity index (χ0) is 15.7. The first kappa shape index (κ1) is 16.9. The molecular formula is C15H20FN3O2. The van der Waals surface area contributed by atoms with E-state index >= 15 is 0 Å². The zero-order valence-electron chi connectivity index (χ0n) is 12.4. The highest BCUT2D eigenvalue weighted by atomic mass is 19.1. The third kappa shape index (κ3) is 5.79. The van der Waals surface area contributed by atoms with Crippen LogP contribution >= 0.6 is 0 Å². The molecule has 0 aromatic heterocycles. The van der Waals surface area contributed by atoms with Gasteiger partial charge in [0.1, 0.15) is 0 Å². The molecule has 0 bridgehead atoms. The molecule has 0 aliphatic rings. The predicted octanol–water partition coefficient (Wildman–Crippen LogP) is 1.69. The molecule has 1 aromatic rings. The topological polar surface area (TPSA) is 65.4 Å². The highest BCUT2D eigenvalue weighted by Gasteiger charge is 2.11. The van der Waals surface area contributed by atoms with Gasteiger partial charge in [0.05, 0.1) is 26.1 Å². The summed E-state index contributed by atoms with van der Waals surface area (Å²) in [5.74, 6) is -0.346. The molecule has 5 nitrogen and oxygen atoms in total. The Morgan fingerprint density at radius 2 is 2.29 bits per heavy atom. The number of methoxy groups -OCH3 is 1.